The summed E-state index contributed by atoms with van der Waals surface area (Å²) in [7, 11) is 1.32. The van der Waals surface area contributed by atoms with Gasteiger partial charge in [0.25, 0.3) is 5.91 Å². The van der Waals surface area contributed by atoms with E-state index in [1.165, 1.54) is 19.2 Å². The molecule has 0 aromatic heterocycles. The first-order valence-electron chi connectivity index (χ1n) is 8.62. The van der Waals surface area contributed by atoms with E-state index in [1.807, 2.05) is 0 Å². The second-order valence-electron chi connectivity index (χ2n) is 6.37. The summed E-state index contributed by atoms with van der Waals surface area (Å²) in [6.45, 7) is -0.104. The highest BCUT2D eigenvalue weighted by molar-refractivity contribution is 5.96. The molecule has 0 aliphatic carbocycles. The molecule has 0 spiro atoms. The van der Waals surface area contributed by atoms with E-state index in [0.717, 1.165) is 24.3 Å². The van der Waals surface area contributed by atoms with Crippen LogP contribution in [0.25, 0.3) is 0 Å². The first-order valence-corrected chi connectivity index (χ1v) is 8.62. The van der Waals surface area contributed by atoms with Crippen molar-refractivity contribution >= 4 is 23.5 Å². The third-order valence-electron chi connectivity index (χ3n) is 4.51. The standard InChI is InChI=1S/C19H17F3N4O3/c1-23-17(27)9-6-13(21)15(14(22)7-9)12-8-24-18(28)16(12)26-19(29)25-11-4-2-10(20)3-5-11/h2-7,12,16H,8H2,1H3,(H,23,27)(H,24,28)(H2,25,26,29). The molecule has 10 heteroatoms. The summed E-state index contributed by atoms with van der Waals surface area (Å²) >= 11 is 0. The van der Waals surface area contributed by atoms with Gasteiger partial charge >= 0.3 is 6.03 Å². The van der Waals surface area contributed by atoms with Gasteiger partial charge < -0.3 is 21.3 Å². The molecule has 0 saturated carbocycles. The quantitative estimate of drug-likeness (QED) is 0.624. The lowest BCUT2D eigenvalue weighted by atomic mass is 9.92. The van der Waals surface area contributed by atoms with Crippen LogP contribution in [0.2, 0.25) is 0 Å². The molecule has 0 radical (unpaired) electrons. The van der Waals surface area contributed by atoms with Crippen LogP contribution in [0.4, 0.5) is 23.7 Å². The van der Waals surface area contributed by atoms with E-state index >= 15 is 0 Å². The summed E-state index contributed by atoms with van der Waals surface area (Å²) in [6, 6.07) is 4.61. The highest BCUT2D eigenvalue weighted by atomic mass is 19.1. The lowest BCUT2D eigenvalue weighted by Gasteiger charge is -2.20. The summed E-state index contributed by atoms with van der Waals surface area (Å²) < 4.78 is 42.1. The Kier molecular flexibility index (Phi) is 5.71. The van der Waals surface area contributed by atoms with Gasteiger partial charge in [0.15, 0.2) is 0 Å². The molecule has 1 fully saturated rings. The van der Waals surface area contributed by atoms with Crippen LogP contribution in [0.15, 0.2) is 36.4 Å². The van der Waals surface area contributed by atoms with Gasteiger partial charge in [-0.1, -0.05) is 0 Å². The van der Waals surface area contributed by atoms with Crippen molar-refractivity contribution in [2.24, 2.45) is 0 Å². The molecule has 152 valence electrons. The van der Waals surface area contributed by atoms with Crippen molar-refractivity contribution in [2.75, 3.05) is 18.9 Å². The molecule has 4 N–H and O–H groups in total. The van der Waals surface area contributed by atoms with Gasteiger partial charge in [0.2, 0.25) is 5.91 Å². The number of halogens is 3. The normalized spacial score (nSPS) is 18.1. The van der Waals surface area contributed by atoms with Gasteiger partial charge in [-0.2, -0.15) is 0 Å². The summed E-state index contributed by atoms with van der Waals surface area (Å²) in [6.07, 6.45) is 0. The molecule has 0 bridgehead atoms. The Balaban J connectivity index is 1.81. The van der Waals surface area contributed by atoms with E-state index in [-0.39, 0.29) is 17.8 Å². The molecular weight excluding hydrogens is 389 g/mol. The Bertz CT molecular complexity index is 943. The number of carbonyl (C=O) groups excluding carboxylic acids is 3. The highest BCUT2D eigenvalue weighted by Gasteiger charge is 2.40. The van der Waals surface area contributed by atoms with Crippen molar-refractivity contribution in [3.8, 4) is 0 Å². The minimum atomic E-state index is -1.25. The molecule has 2 aromatic rings. The van der Waals surface area contributed by atoms with Crippen LogP contribution < -0.4 is 21.3 Å². The number of rotatable bonds is 4. The average Bonchev–Trinajstić information content (AvgIpc) is 3.02. The lowest BCUT2D eigenvalue weighted by Crippen LogP contribution is -2.45. The lowest BCUT2D eigenvalue weighted by molar-refractivity contribution is -0.120. The number of anilines is 1. The Hall–Kier alpha value is -3.56. The Morgan fingerprint density at radius 1 is 1.07 bits per heavy atom. The zero-order chi connectivity index (χ0) is 21.1. The average molecular weight is 406 g/mol. The fraction of sp³-hybridized carbons (Fsp3) is 0.211. The van der Waals surface area contributed by atoms with E-state index in [9.17, 15) is 27.6 Å². The van der Waals surface area contributed by atoms with Crippen LogP contribution in [-0.4, -0.2) is 37.5 Å². The van der Waals surface area contributed by atoms with Gasteiger partial charge in [-0.05, 0) is 36.4 Å². The molecule has 2 unspecified atom stereocenters. The third kappa shape index (κ3) is 4.31. The number of hydrogen-bond acceptors (Lipinski definition) is 3. The van der Waals surface area contributed by atoms with Crippen LogP contribution in [0.1, 0.15) is 21.8 Å². The number of carbonyl (C=O) groups is 3. The van der Waals surface area contributed by atoms with Gasteiger partial charge in [0.05, 0.1) is 0 Å². The molecule has 3 rings (SSSR count). The zero-order valence-electron chi connectivity index (χ0n) is 15.2. The fourth-order valence-corrected chi connectivity index (χ4v) is 3.11. The minimum absolute atomic E-state index is 0.104. The molecule has 2 aromatic carbocycles. The summed E-state index contributed by atoms with van der Waals surface area (Å²) in [4.78, 5) is 35.9. The Morgan fingerprint density at radius 3 is 2.28 bits per heavy atom. The Morgan fingerprint density at radius 2 is 1.69 bits per heavy atom. The number of urea groups is 1. The number of amides is 4. The minimum Gasteiger partial charge on any atom is -0.355 e. The molecule has 4 amide bonds. The second-order valence-corrected chi connectivity index (χ2v) is 6.37. The van der Waals surface area contributed by atoms with Gasteiger partial charge in [-0.3, -0.25) is 9.59 Å². The molecule has 2 atom stereocenters. The summed E-state index contributed by atoms with van der Waals surface area (Å²) in [5, 5.41) is 9.51. The molecular formula is C19H17F3N4O3. The summed E-state index contributed by atoms with van der Waals surface area (Å²) in [5.74, 6) is -4.80. The molecule has 1 aliphatic rings. The topological polar surface area (TPSA) is 99.3 Å². The first kappa shape index (κ1) is 20.2. The molecule has 29 heavy (non-hydrogen) atoms. The maximum absolute atomic E-state index is 14.6. The van der Waals surface area contributed by atoms with E-state index in [1.54, 1.807) is 0 Å². The van der Waals surface area contributed by atoms with Crippen LogP contribution in [0.5, 0.6) is 0 Å². The van der Waals surface area contributed by atoms with Crippen molar-refractivity contribution in [3.63, 3.8) is 0 Å². The second kappa shape index (κ2) is 8.21. The maximum Gasteiger partial charge on any atom is 0.319 e. The SMILES string of the molecule is CNC(=O)c1cc(F)c(C2CNC(=O)C2NC(=O)Nc2ccc(F)cc2)c(F)c1. The number of benzene rings is 2. The number of hydrogen-bond donors (Lipinski definition) is 4. The summed E-state index contributed by atoms with van der Waals surface area (Å²) in [5.41, 5.74) is -0.351. The van der Waals surface area contributed by atoms with E-state index in [2.05, 4.69) is 21.3 Å². The van der Waals surface area contributed by atoms with E-state index < -0.39 is 52.8 Å². The first-order chi connectivity index (χ1) is 13.8. The molecule has 1 aliphatic heterocycles. The van der Waals surface area contributed by atoms with Crippen LogP contribution in [0.3, 0.4) is 0 Å². The fourth-order valence-electron chi connectivity index (χ4n) is 3.11. The Labute approximate surface area is 163 Å². The van der Waals surface area contributed by atoms with Crippen LogP contribution >= 0.6 is 0 Å². The van der Waals surface area contributed by atoms with Crippen molar-refractivity contribution in [2.45, 2.75) is 12.0 Å². The van der Waals surface area contributed by atoms with E-state index in [4.69, 9.17) is 0 Å². The molecule has 1 saturated heterocycles. The molecule has 7 nitrogen and oxygen atoms in total. The predicted octanol–water partition coefficient (Wildman–Crippen LogP) is 1.87. The third-order valence-corrected chi connectivity index (χ3v) is 4.51. The van der Waals surface area contributed by atoms with Crippen LogP contribution in [-0.2, 0) is 4.79 Å². The zero-order valence-corrected chi connectivity index (χ0v) is 15.2. The van der Waals surface area contributed by atoms with Crippen molar-refractivity contribution in [1.82, 2.24) is 16.0 Å². The predicted molar refractivity (Wildman–Crippen MR) is 97.8 cm³/mol. The van der Waals surface area contributed by atoms with Gasteiger partial charge in [0, 0.05) is 36.3 Å². The highest BCUT2D eigenvalue weighted by Crippen LogP contribution is 2.29. The monoisotopic (exact) mass is 406 g/mol. The largest absolute Gasteiger partial charge is 0.355 e. The maximum atomic E-state index is 14.6. The van der Waals surface area contributed by atoms with Crippen molar-refractivity contribution < 1.29 is 27.6 Å². The van der Waals surface area contributed by atoms with Crippen molar-refractivity contribution in [1.29, 1.82) is 0 Å². The van der Waals surface area contributed by atoms with Gasteiger partial charge in [-0.25, -0.2) is 18.0 Å². The number of nitrogens with one attached hydrogen (secondary N) is 4. The van der Waals surface area contributed by atoms with Crippen LogP contribution in [0, 0.1) is 17.5 Å². The van der Waals surface area contributed by atoms with Gasteiger partial charge in [-0.15, -0.1) is 0 Å². The van der Waals surface area contributed by atoms with Gasteiger partial charge in [0.1, 0.15) is 23.5 Å². The smallest absolute Gasteiger partial charge is 0.319 e. The molecule has 1 heterocycles. The van der Waals surface area contributed by atoms with E-state index in [0.29, 0.717) is 0 Å². The van der Waals surface area contributed by atoms with Crippen molar-refractivity contribution in [3.05, 3.63) is 65.0 Å².